The van der Waals surface area contributed by atoms with Crippen LogP contribution in [0.5, 0.6) is 5.75 Å². The van der Waals surface area contributed by atoms with Gasteiger partial charge in [0, 0.05) is 19.5 Å². The van der Waals surface area contributed by atoms with E-state index in [1.54, 1.807) is 17.0 Å². The molecule has 2 atom stereocenters. The third-order valence-corrected chi connectivity index (χ3v) is 5.52. The molecule has 2 amide bonds. The molecule has 7 nitrogen and oxygen atoms in total. The number of carbonyl (C=O) groups is 2. The average molecular weight is 389 g/mol. The predicted octanol–water partition coefficient (Wildman–Crippen LogP) is 1.89. The molecule has 0 aliphatic carbocycles. The van der Waals surface area contributed by atoms with E-state index in [1.807, 2.05) is 12.1 Å². The van der Waals surface area contributed by atoms with E-state index in [4.69, 9.17) is 9.47 Å². The van der Waals surface area contributed by atoms with Crippen molar-refractivity contribution in [1.29, 1.82) is 0 Å². The number of benzene rings is 1. The first kappa shape index (κ1) is 20.6. The maximum Gasteiger partial charge on any atom is 0.260 e. The standard InChI is InChI=1S/C21H31N3O4/c1-16(17-5-4-8-22-14-17)13-20(25)23-18-6-2-3-7-19(18)28-15-21(26)24-9-11-27-12-10-24/h2-3,6-7,16-17,22H,4-5,8-15H2,1H3,(H,23,25). The van der Waals surface area contributed by atoms with Crippen LogP contribution >= 0.6 is 0 Å². The maximum absolute atomic E-state index is 12.5. The number of piperidine rings is 1. The first-order chi connectivity index (χ1) is 13.6. The number of rotatable bonds is 7. The van der Waals surface area contributed by atoms with Gasteiger partial charge in [0.25, 0.3) is 5.91 Å². The summed E-state index contributed by atoms with van der Waals surface area (Å²) in [5, 5.41) is 6.36. The highest BCUT2D eigenvalue weighted by Crippen LogP contribution is 2.26. The zero-order valence-corrected chi connectivity index (χ0v) is 16.6. The van der Waals surface area contributed by atoms with Gasteiger partial charge in [-0.2, -0.15) is 0 Å². The minimum Gasteiger partial charge on any atom is -0.482 e. The molecule has 0 saturated carbocycles. The van der Waals surface area contributed by atoms with Gasteiger partial charge in [0.2, 0.25) is 5.91 Å². The Balaban J connectivity index is 1.51. The van der Waals surface area contributed by atoms with Gasteiger partial charge in [0.05, 0.1) is 18.9 Å². The molecular formula is C21H31N3O4. The van der Waals surface area contributed by atoms with Gasteiger partial charge in [-0.25, -0.2) is 0 Å². The van der Waals surface area contributed by atoms with Crippen molar-refractivity contribution in [3.8, 4) is 5.75 Å². The lowest BCUT2D eigenvalue weighted by molar-refractivity contribution is -0.137. The van der Waals surface area contributed by atoms with Gasteiger partial charge in [-0.15, -0.1) is 0 Å². The Morgan fingerprint density at radius 1 is 1.32 bits per heavy atom. The summed E-state index contributed by atoms with van der Waals surface area (Å²) >= 11 is 0. The molecule has 28 heavy (non-hydrogen) atoms. The van der Waals surface area contributed by atoms with Crippen LogP contribution in [0.2, 0.25) is 0 Å². The van der Waals surface area contributed by atoms with Gasteiger partial charge in [-0.1, -0.05) is 19.1 Å². The van der Waals surface area contributed by atoms with Crippen LogP contribution in [-0.2, 0) is 14.3 Å². The number of ether oxygens (including phenoxy) is 2. The molecule has 0 spiro atoms. The molecule has 7 heteroatoms. The lowest BCUT2D eigenvalue weighted by Crippen LogP contribution is -2.43. The fraction of sp³-hybridized carbons (Fsp3) is 0.619. The Morgan fingerprint density at radius 2 is 2.11 bits per heavy atom. The second-order valence-corrected chi connectivity index (χ2v) is 7.61. The molecule has 2 unspecified atom stereocenters. The van der Waals surface area contributed by atoms with E-state index >= 15 is 0 Å². The van der Waals surface area contributed by atoms with Crippen LogP contribution in [-0.4, -0.2) is 62.7 Å². The number of nitrogens with zero attached hydrogens (tertiary/aromatic N) is 1. The quantitative estimate of drug-likeness (QED) is 0.744. The lowest BCUT2D eigenvalue weighted by atomic mass is 9.85. The minimum atomic E-state index is -0.0668. The van der Waals surface area contributed by atoms with Crippen LogP contribution in [0, 0.1) is 11.8 Å². The Labute approximate surface area is 166 Å². The summed E-state index contributed by atoms with van der Waals surface area (Å²) in [7, 11) is 0. The molecule has 2 aliphatic heterocycles. The number of morpholine rings is 1. The molecule has 1 aromatic carbocycles. The number of hydrogen-bond acceptors (Lipinski definition) is 5. The van der Waals surface area contributed by atoms with Crippen LogP contribution in [0.15, 0.2) is 24.3 Å². The number of nitrogens with one attached hydrogen (secondary N) is 2. The Bertz CT molecular complexity index is 655. The maximum atomic E-state index is 12.5. The highest BCUT2D eigenvalue weighted by Gasteiger charge is 2.23. The van der Waals surface area contributed by atoms with Gasteiger partial charge in [0.1, 0.15) is 5.75 Å². The summed E-state index contributed by atoms with van der Waals surface area (Å²) < 4.78 is 11.0. The Kier molecular flexibility index (Phi) is 7.68. The van der Waals surface area contributed by atoms with Crippen LogP contribution in [0.3, 0.4) is 0 Å². The monoisotopic (exact) mass is 389 g/mol. The number of hydrogen-bond donors (Lipinski definition) is 2. The summed E-state index contributed by atoms with van der Waals surface area (Å²) in [5.41, 5.74) is 0.608. The van der Waals surface area contributed by atoms with Gasteiger partial charge in [0.15, 0.2) is 6.61 Å². The first-order valence-corrected chi connectivity index (χ1v) is 10.2. The third-order valence-electron chi connectivity index (χ3n) is 5.52. The molecule has 1 aromatic rings. The largest absolute Gasteiger partial charge is 0.482 e. The Morgan fingerprint density at radius 3 is 2.86 bits per heavy atom. The van der Waals surface area contributed by atoms with E-state index in [-0.39, 0.29) is 18.4 Å². The van der Waals surface area contributed by atoms with Crippen LogP contribution < -0.4 is 15.4 Å². The predicted molar refractivity (Wildman–Crippen MR) is 107 cm³/mol. The van der Waals surface area contributed by atoms with Crippen LogP contribution in [0.1, 0.15) is 26.2 Å². The van der Waals surface area contributed by atoms with Crippen molar-refractivity contribution in [3.05, 3.63) is 24.3 Å². The average Bonchev–Trinajstić information content (AvgIpc) is 2.74. The van der Waals surface area contributed by atoms with Gasteiger partial charge in [-0.3, -0.25) is 9.59 Å². The fourth-order valence-electron chi connectivity index (χ4n) is 3.76. The van der Waals surface area contributed by atoms with Crippen molar-refractivity contribution in [3.63, 3.8) is 0 Å². The van der Waals surface area contributed by atoms with Crippen molar-refractivity contribution < 1.29 is 19.1 Å². The second-order valence-electron chi connectivity index (χ2n) is 7.61. The molecule has 2 heterocycles. The first-order valence-electron chi connectivity index (χ1n) is 10.2. The zero-order valence-electron chi connectivity index (χ0n) is 16.6. The van der Waals surface area contributed by atoms with Gasteiger partial charge in [-0.05, 0) is 49.9 Å². The van der Waals surface area contributed by atoms with Crippen molar-refractivity contribution >= 4 is 17.5 Å². The summed E-state index contributed by atoms with van der Waals surface area (Å²) in [6, 6.07) is 7.26. The summed E-state index contributed by atoms with van der Waals surface area (Å²) in [6.45, 7) is 6.46. The molecule has 3 rings (SSSR count). The fourth-order valence-corrected chi connectivity index (χ4v) is 3.76. The van der Waals surface area contributed by atoms with Crippen molar-refractivity contribution in [2.24, 2.45) is 11.8 Å². The van der Waals surface area contributed by atoms with Crippen molar-refractivity contribution in [2.75, 3.05) is 51.3 Å². The van der Waals surface area contributed by atoms with E-state index in [0.29, 0.717) is 56.0 Å². The molecule has 0 aromatic heterocycles. The van der Waals surface area contributed by atoms with E-state index < -0.39 is 0 Å². The van der Waals surface area contributed by atoms with Crippen molar-refractivity contribution in [2.45, 2.75) is 26.2 Å². The summed E-state index contributed by atoms with van der Waals surface area (Å²) in [5.74, 6) is 1.29. The molecule has 2 N–H and O–H groups in total. The van der Waals surface area contributed by atoms with Crippen molar-refractivity contribution in [1.82, 2.24) is 10.2 Å². The van der Waals surface area contributed by atoms with E-state index in [9.17, 15) is 9.59 Å². The molecule has 0 radical (unpaired) electrons. The number of anilines is 1. The molecule has 154 valence electrons. The van der Waals surface area contributed by atoms with Crippen LogP contribution in [0.25, 0.3) is 0 Å². The smallest absolute Gasteiger partial charge is 0.260 e. The third kappa shape index (κ3) is 5.94. The molecule has 2 fully saturated rings. The molecule has 0 bridgehead atoms. The number of carbonyl (C=O) groups excluding carboxylic acids is 2. The zero-order chi connectivity index (χ0) is 19.8. The summed E-state index contributed by atoms with van der Waals surface area (Å²) in [4.78, 5) is 26.5. The lowest BCUT2D eigenvalue weighted by Gasteiger charge is -2.28. The van der Waals surface area contributed by atoms with Gasteiger partial charge < -0.3 is 25.0 Å². The molecule has 2 aliphatic rings. The van der Waals surface area contributed by atoms with Crippen LogP contribution in [0.4, 0.5) is 5.69 Å². The van der Waals surface area contributed by atoms with E-state index in [0.717, 1.165) is 13.1 Å². The minimum absolute atomic E-state index is 0.0198. The number of para-hydroxylation sites is 2. The van der Waals surface area contributed by atoms with E-state index in [2.05, 4.69) is 17.6 Å². The normalized spacial score (nSPS) is 21.0. The highest BCUT2D eigenvalue weighted by atomic mass is 16.5. The summed E-state index contributed by atoms with van der Waals surface area (Å²) in [6.07, 6.45) is 2.82. The topological polar surface area (TPSA) is 79.9 Å². The van der Waals surface area contributed by atoms with E-state index in [1.165, 1.54) is 12.8 Å². The molecule has 2 saturated heterocycles. The number of amides is 2. The second kappa shape index (κ2) is 10.4. The highest BCUT2D eigenvalue weighted by molar-refractivity contribution is 5.92. The SMILES string of the molecule is CC(CC(=O)Nc1ccccc1OCC(=O)N1CCOCC1)C1CCCNC1. The Hall–Kier alpha value is -2.12. The van der Waals surface area contributed by atoms with Gasteiger partial charge >= 0.3 is 0 Å². The molecular weight excluding hydrogens is 358 g/mol.